The number of hydrogen-bond acceptors (Lipinski definition) is 0. The number of fused-ring (bicyclic) bond motifs is 5. The second-order valence-corrected chi connectivity index (χ2v) is 12.9. The first-order chi connectivity index (χ1) is 21.6. The maximum Gasteiger partial charge on any atom is 0.0544 e. The molecule has 44 heavy (non-hydrogen) atoms. The van der Waals surface area contributed by atoms with E-state index in [-0.39, 0.29) is 5.41 Å². The van der Waals surface area contributed by atoms with E-state index in [4.69, 9.17) is 0 Å². The van der Waals surface area contributed by atoms with E-state index in [0.717, 1.165) is 0 Å². The molecule has 0 fully saturated rings. The van der Waals surface area contributed by atoms with Gasteiger partial charge in [0.05, 0.1) is 5.52 Å². The molecule has 0 spiro atoms. The standard InChI is InChI=1S/C43H29N/c1-43(2)35-21-9-12-25-24-34(31-18-11-22-36(43)41(31)38(25)35)40-29-16-5-3-14-27(29)39(28-15-4-6-17-30(28)40)33-20-10-19-32-26-13-7-8-23-37(26)44-42(32)33/h3-24,44H,1-2H3. The molecular formula is C43H29N. The Kier molecular flexibility index (Phi) is 4.58. The van der Waals surface area contributed by atoms with Crippen molar-refractivity contribution < 1.29 is 0 Å². The predicted molar refractivity (Wildman–Crippen MR) is 189 cm³/mol. The molecule has 0 aliphatic heterocycles. The van der Waals surface area contributed by atoms with Gasteiger partial charge in [0.25, 0.3) is 0 Å². The Morgan fingerprint density at radius 1 is 0.432 bits per heavy atom. The second kappa shape index (κ2) is 8.36. The van der Waals surface area contributed by atoms with Gasteiger partial charge in [0, 0.05) is 27.3 Å². The minimum absolute atomic E-state index is 0.0216. The summed E-state index contributed by atoms with van der Waals surface area (Å²) in [5, 5.41) is 13.2. The number of para-hydroxylation sites is 2. The molecule has 0 amide bonds. The van der Waals surface area contributed by atoms with Crippen LogP contribution in [0.1, 0.15) is 25.0 Å². The highest BCUT2D eigenvalue weighted by molar-refractivity contribution is 6.28. The maximum absolute atomic E-state index is 3.78. The maximum atomic E-state index is 3.78. The average Bonchev–Trinajstić information content (AvgIpc) is 3.56. The third-order valence-electron chi connectivity index (χ3n) is 10.4. The predicted octanol–water partition coefficient (Wildman–Crippen LogP) is 11.9. The highest BCUT2D eigenvalue weighted by atomic mass is 14.7. The van der Waals surface area contributed by atoms with Gasteiger partial charge in [0.1, 0.15) is 0 Å². The summed E-state index contributed by atoms with van der Waals surface area (Å²) < 4.78 is 0. The topological polar surface area (TPSA) is 15.8 Å². The Balaban J connectivity index is 1.39. The monoisotopic (exact) mass is 559 g/mol. The molecule has 1 N–H and O–H groups in total. The molecule has 0 atom stereocenters. The van der Waals surface area contributed by atoms with Crippen molar-refractivity contribution in [3.63, 3.8) is 0 Å². The molecule has 1 aromatic heterocycles. The number of aromatic amines is 1. The third-order valence-corrected chi connectivity index (χ3v) is 10.4. The summed E-state index contributed by atoms with van der Waals surface area (Å²) in [6, 6.07) is 49.7. The van der Waals surface area contributed by atoms with Gasteiger partial charge in [-0.2, -0.15) is 0 Å². The van der Waals surface area contributed by atoms with Gasteiger partial charge in [0.2, 0.25) is 0 Å². The van der Waals surface area contributed by atoms with E-state index in [1.54, 1.807) is 0 Å². The highest BCUT2D eigenvalue weighted by Gasteiger charge is 2.34. The largest absolute Gasteiger partial charge is 0.354 e. The van der Waals surface area contributed by atoms with E-state index in [1.807, 2.05) is 0 Å². The van der Waals surface area contributed by atoms with Crippen molar-refractivity contribution in [1.29, 1.82) is 0 Å². The molecule has 10 rings (SSSR count). The fraction of sp³-hybridized carbons (Fsp3) is 0.0698. The minimum atomic E-state index is -0.0216. The van der Waals surface area contributed by atoms with Crippen molar-refractivity contribution in [3.05, 3.63) is 145 Å². The van der Waals surface area contributed by atoms with Crippen LogP contribution in [0.4, 0.5) is 0 Å². The Morgan fingerprint density at radius 3 is 1.66 bits per heavy atom. The first-order valence-electron chi connectivity index (χ1n) is 15.5. The first kappa shape index (κ1) is 24.1. The van der Waals surface area contributed by atoms with Crippen molar-refractivity contribution in [2.45, 2.75) is 19.3 Å². The zero-order valence-electron chi connectivity index (χ0n) is 24.7. The summed E-state index contributed by atoms with van der Waals surface area (Å²) in [6.07, 6.45) is 0. The van der Waals surface area contributed by atoms with Crippen molar-refractivity contribution >= 4 is 64.9 Å². The number of rotatable bonds is 2. The fourth-order valence-corrected chi connectivity index (χ4v) is 8.43. The van der Waals surface area contributed by atoms with Crippen LogP contribution in [0.15, 0.2) is 133 Å². The van der Waals surface area contributed by atoms with Gasteiger partial charge in [-0.05, 0) is 83.0 Å². The summed E-state index contributed by atoms with van der Waals surface area (Å²) in [7, 11) is 0. The number of hydrogen-bond donors (Lipinski definition) is 1. The quantitative estimate of drug-likeness (QED) is 0.160. The van der Waals surface area contributed by atoms with Gasteiger partial charge < -0.3 is 4.98 Å². The van der Waals surface area contributed by atoms with Crippen LogP contribution in [0, 0.1) is 0 Å². The lowest BCUT2D eigenvalue weighted by atomic mass is 9.81. The van der Waals surface area contributed by atoms with Crippen LogP contribution in [0.5, 0.6) is 0 Å². The molecule has 1 nitrogen and oxygen atoms in total. The van der Waals surface area contributed by atoms with E-state index in [2.05, 4.69) is 152 Å². The molecule has 206 valence electrons. The van der Waals surface area contributed by atoms with Crippen LogP contribution < -0.4 is 0 Å². The van der Waals surface area contributed by atoms with E-state index in [9.17, 15) is 0 Å². The van der Waals surface area contributed by atoms with E-state index in [1.165, 1.54) is 98.3 Å². The molecule has 0 saturated carbocycles. The van der Waals surface area contributed by atoms with Crippen LogP contribution >= 0.6 is 0 Å². The lowest BCUT2D eigenvalue weighted by Crippen LogP contribution is -2.14. The summed E-state index contributed by atoms with van der Waals surface area (Å²) >= 11 is 0. The number of benzene rings is 8. The molecular weight excluding hydrogens is 530 g/mol. The van der Waals surface area contributed by atoms with Crippen molar-refractivity contribution in [1.82, 2.24) is 4.98 Å². The molecule has 9 aromatic rings. The van der Waals surface area contributed by atoms with Crippen molar-refractivity contribution in [2.75, 3.05) is 0 Å². The molecule has 1 heteroatoms. The Labute approximate surface area is 255 Å². The second-order valence-electron chi connectivity index (χ2n) is 12.9. The number of nitrogens with one attached hydrogen (secondary N) is 1. The normalized spacial score (nSPS) is 13.9. The molecule has 0 saturated heterocycles. The van der Waals surface area contributed by atoms with Crippen LogP contribution in [0.2, 0.25) is 0 Å². The van der Waals surface area contributed by atoms with Gasteiger partial charge in [-0.15, -0.1) is 0 Å². The summed E-state index contributed by atoms with van der Waals surface area (Å²) in [6.45, 7) is 4.75. The molecule has 0 radical (unpaired) electrons. The SMILES string of the molecule is CC1(C)c2cccc3cc(-c4c5ccccc5c(-c5cccc6c5[nH]c5ccccc56)c5ccccc45)c4cccc1c4c23. The van der Waals surface area contributed by atoms with Crippen LogP contribution in [0.3, 0.4) is 0 Å². The van der Waals surface area contributed by atoms with Crippen molar-refractivity contribution in [2.24, 2.45) is 0 Å². The van der Waals surface area contributed by atoms with Gasteiger partial charge in [0.15, 0.2) is 0 Å². The molecule has 0 unspecified atom stereocenters. The Morgan fingerprint density at radius 2 is 0.955 bits per heavy atom. The molecule has 8 aromatic carbocycles. The fourth-order valence-electron chi connectivity index (χ4n) is 8.43. The third kappa shape index (κ3) is 2.94. The summed E-state index contributed by atoms with van der Waals surface area (Å²) in [5.41, 5.74) is 10.4. The average molecular weight is 560 g/mol. The summed E-state index contributed by atoms with van der Waals surface area (Å²) in [5.74, 6) is 0. The van der Waals surface area contributed by atoms with Crippen molar-refractivity contribution in [3.8, 4) is 22.3 Å². The smallest absolute Gasteiger partial charge is 0.0544 e. The van der Waals surface area contributed by atoms with Gasteiger partial charge in [-0.3, -0.25) is 0 Å². The zero-order chi connectivity index (χ0) is 29.2. The molecule has 1 aliphatic carbocycles. The van der Waals surface area contributed by atoms with E-state index in [0.29, 0.717) is 0 Å². The van der Waals surface area contributed by atoms with E-state index >= 15 is 0 Å². The van der Waals surface area contributed by atoms with Gasteiger partial charge >= 0.3 is 0 Å². The summed E-state index contributed by atoms with van der Waals surface area (Å²) in [4.78, 5) is 3.78. The van der Waals surface area contributed by atoms with E-state index < -0.39 is 0 Å². The molecule has 1 aliphatic rings. The Bertz CT molecular complexity index is 2630. The van der Waals surface area contributed by atoms with Crippen LogP contribution in [-0.2, 0) is 5.41 Å². The van der Waals surface area contributed by atoms with Crippen LogP contribution in [0.25, 0.3) is 87.1 Å². The molecule has 0 bridgehead atoms. The highest BCUT2D eigenvalue weighted by Crippen LogP contribution is 2.53. The lowest BCUT2D eigenvalue weighted by Gasteiger charge is -2.21. The van der Waals surface area contributed by atoms with Gasteiger partial charge in [-0.1, -0.05) is 135 Å². The molecule has 1 heterocycles. The lowest BCUT2D eigenvalue weighted by molar-refractivity contribution is 0.663. The first-order valence-corrected chi connectivity index (χ1v) is 15.5. The minimum Gasteiger partial charge on any atom is -0.354 e. The Hall–Kier alpha value is -5.40. The number of H-pyrrole nitrogens is 1. The van der Waals surface area contributed by atoms with Gasteiger partial charge in [-0.25, -0.2) is 0 Å². The van der Waals surface area contributed by atoms with Crippen LogP contribution in [-0.4, -0.2) is 4.98 Å². The number of aromatic nitrogens is 1. The zero-order valence-corrected chi connectivity index (χ0v) is 24.7.